The van der Waals surface area contributed by atoms with Crippen molar-refractivity contribution in [1.82, 2.24) is 9.97 Å². The first kappa shape index (κ1) is 21.2. The van der Waals surface area contributed by atoms with Gasteiger partial charge in [0.1, 0.15) is 11.6 Å². The van der Waals surface area contributed by atoms with E-state index in [-0.39, 0.29) is 18.9 Å². The molecule has 3 aromatic rings. The van der Waals surface area contributed by atoms with Crippen LogP contribution in [0.1, 0.15) is 23.4 Å². The Bertz CT molecular complexity index is 1030. The second-order valence-electron chi connectivity index (χ2n) is 6.64. The Morgan fingerprint density at radius 1 is 1.07 bits per heavy atom. The van der Waals surface area contributed by atoms with Crippen LogP contribution in [0.25, 0.3) is 11.1 Å². The Kier molecular flexibility index (Phi) is 7.30. The van der Waals surface area contributed by atoms with Crippen molar-refractivity contribution in [2.75, 3.05) is 19.8 Å². The zero-order chi connectivity index (χ0) is 21.3. The van der Waals surface area contributed by atoms with Gasteiger partial charge in [0, 0.05) is 12.0 Å². The fraction of sp³-hybridized carbons (Fsp3) is 0.261. The Balaban J connectivity index is 1.92. The highest BCUT2D eigenvalue weighted by molar-refractivity contribution is 5.72. The number of aryl methyl sites for hydroxylation is 1. The first-order chi connectivity index (χ1) is 14.6. The van der Waals surface area contributed by atoms with Gasteiger partial charge in [-0.15, -0.1) is 0 Å². The molecule has 0 bridgehead atoms. The number of halogens is 1. The van der Waals surface area contributed by atoms with Crippen LogP contribution >= 0.6 is 0 Å². The van der Waals surface area contributed by atoms with E-state index < -0.39 is 6.67 Å². The van der Waals surface area contributed by atoms with Crippen LogP contribution in [0.15, 0.2) is 48.5 Å². The molecule has 0 aliphatic rings. The number of aromatic nitrogens is 2. The molecular weight excluding hydrogens is 383 g/mol. The number of hydrogen-bond donors (Lipinski definition) is 1. The lowest BCUT2D eigenvalue weighted by Crippen LogP contribution is -2.03. The van der Waals surface area contributed by atoms with Gasteiger partial charge in [0.15, 0.2) is 0 Å². The molecule has 7 heteroatoms. The van der Waals surface area contributed by atoms with Crippen molar-refractivity contribution >= 4 is 0 Å². The molecule has 0 aliphatic carbocycles. The van der Waals surface area contributed by atoms with Crippen LogP contribution in [0.2, 0.25) is 0 Å². The van der Waals surface area contributed by atoms with Gasteiger partial charge in [-0.2, -0.15) is 15.2 Å². The summed E-state index contributed by atoms with van der Waals surface area (Å²) in [5, 5.41) is 9.30. The van der Waals surface area contributed by atoms with Crippen molar-refractivity contribution in [1.29, 1.82) is 5.26 Å². The summed E-state index contributed by atoms with van der Waals surface area (Å²) in [6, 6.07) is 17.0. The number of nitrogens with zero attached hydrogens (tertiary/aromatic N) is 3. The molecule has 6 nitrogen and oxygen atoms in total. The Morgan fingerprint density at radius 3 is 2.53 bits per heavy atom. The van der Waals surface area contributed by atoms with Crippen molar-refractivity contribution in [2.45, 2.75) is 19.8 Å². The smallest absolute Gasteiger partial charge is 0.226 e. The number of benzene rings is 2. The summed E-state index contributed by atoms with van der Waals surface area (Å²) in [6.45, 7) is 2.07. The summed E-state index contributed by atoms with van der Waals surface area (Å²) < 4.78 is 23.8. The fourth-order valence-electron chi connectivity index (χ4n) is 2.92. The molecule has 30 heavy (non-hydrogen) atoms. The number of nitriles is 1. The highest BCUT2D eigenvalue weighted by Gasteiger charge is 2.12. The molecule has 0 aliphatic heterocycles. The fourth-order valence-corrected chi connectivity index (χ4v) is 2.92. The van der Waals surface area contributed by atoms with Crippen molar-refractivity contribution in [3.63, 3.8) is 0 Å². The standard InChI is InChI=1S/C23H23FN4O2/c1-16-27-22(29-12-2-10-24)14-23(28-16)30-21-13-18(15-26)5-8-20(21)19-6-3-17(4-7-19)9-11-25/h3-8,13-14H,2,9-12,25H2,1H3. The molecule has 0 radical (unpaired) electrons. The van der Waals surface area contributed by atoms with Gasteiger partial charge in [-0.1, -0.05) is 24.3 Å². The predicted molar refractivity (Wildman–Crippen MR) is 112 cm³/mol. The highest BCUT2D eigenvalue weighted by atomic mass is 19.1. The summed E-state index contributed by atoms with van der Waals surface area (Å²) in [6.07, 6.45) is 1.09. The summed E-state index contributed by atoms with van der Waals surface area (Å²) >= 11 is 0. The minimum absolute atomic E-state index is 0.219. The largest absolute Gasteiger partial charge is 0.477 e. The van der Waals surface area contributed by atoms with Gasteiger partial charge in [-0.05, 0) is 49.2 Å². The molecule has 0 spiro atoms. The first-order valence-corrected chi connectivity index (χ1v) is 9.68. The van der Waals surface area contributed by atoms with E-state index in [4.69, 9.17) is 15.2 Å². The second-order valence-corrected chi connectivity index (χ2v) is 6.64. The molecule has 154 valence electrons. The predicted octanol–water partition coefficient (Wildman–Crippen LogP) is 4.36. The molecule has 3 rings (SSSR count). The molecular formula is C23H23FN4O2. The second kappa shape index (κ2) is 10.3. The average Bonchev–Trinajstić information content (AvgIpc) is 2.74. The van der Waals surface area contributed by atoms with Crippen LogP contribution in [-0.2, 0) is 6.42 Å². The van der Waals surface area contributed by atoms with Crippen LogP contribution in [-0.4, -0.2) is 29.8 Å². The zero-order valence-corrected chi connectivity index (χ0v) is 16.8. The molecule has 0 saturated carbocycles. The maximum Gasteiger partial charge on any atom is 0.226 e. The van der Waals surface area contributed by atoms with Gasteiger partial charge < -0.3 is 15.2 Å². The van der Waals surface area contributed by atoms with E-state index in [1.54, 1.807) is 25.1 Å². The van der Waals surface area contributed by atoms with Crippen LogP contribution in [0.4, 0.5) is 4.39 Å². The van der Waals surface area contributed by atoms with E-state index in [1.807, 2.05) is 30.3 Å². The lowest BCUT2D eigenvalue weighted by molar-refractivity contribution is 0.277. The minimum Gasteiger partial charge on any atom is -0.477 e. The third-order valence-corrected chi connectivity index (χ3v) is 4.34. The van der Waals surface area contributed by atoms with Crippen LogP contribution < -0.4 is 15.2 Å². The minimum atomic E-state index is -0.457. The lowest BCUT2D eigenvalue weighted by Gasteiger charge is -2.13. The van der Waals surface area contributed by atoms with Gasteiger partial charge >= 0.3 is 0 Å². The monoisotopic (exact) mass is 406 g/mol. The summed E-state index contributed by atoms with van der Waals surface area (Å²) in [5.41, 5.74) is 9.01. The van der Waals surface area contributed by atoms with Crippen molar-refractivity contribution in [3.8, 4) is 34.7 Å². The van der Waals surface area contributed by atoms with E-state index in [9.17, 15) is 9.65 Å². The van der Waals surface area contributed by atoms with Gasteiger partial charge in [-0.25, -0.2) is 0 Å². The molecule has 0 fully saturated rings. The summed E-state index contributed by atoms with van der Waals surface area (Å²) in [4.78, 5) is 8.49. The van der Waals surface area contributed by atoms with Crippen LogP contribution in [0.5, 0.6) is 17.5 Å². The molecule has 0 unspecified atom stereocenters. The SMILES string of the molecule is Cc1nc(OCCCF)cc(Oc2cc(C#N)ccc2-c2ccc(CCN)cc2)n1. The van der Waals surface area contributed by atoms with Crippen molar-refractivity contribution in [2.24, 2.45) is 5.73 Å². The van der Waals surface area contributed by atoms with Gasteiger partial charge in [0.25, 0.3) is 0 Å². The van der Waals surface area contributed by atoms with E-state index >= 15 is 0 Å². The molecule has 1 heterocycles. The maximum atomic E-state index is 12.3. The Hall–Kier alpha value is -3.50. The number of hydrogen-bond acceptors (Lipinski definition) is 6. The van der Waals surface area contributed by atoms with E-state index in [1.165, 1.54) is 0 Å². The number of rotatable bonds is 9. The number of ether oxygens (including phenoxy) is 2. The quantitative estimate of drug-likeness (QED) is 0.531. The van der Waals surface area contributed by atoms with E-state index in [2.05, 4.69) is 16.0 Å². The van der Waals surface area contributed by atoms with Gasteiger partial charge in [-0.3, -0.25) is 4.39 Å². The highest BCUT2D eigenvalue weighted by Crippen LogP contribution is 2.34. The Morgan fingerprint density at radius 2 is 1.83 bits per heavy atom. The van der Waals surface area contributed by atoms with Gasteiger partial charge in [0.05, 0.1) is 31.0 Å². The molecule has 2 N–H and O–H groups in total. The average molecular weight is 406 g/mol. The summed E-state index contributed by atoms with van der Waals surface area (Å²) in [5.74, 6) is 1.56. The Labute approximate surface area is 175 Å². The molecule has 2 aromatic carbocycles. The van der Waals surface area contributed by atoms with Crippen LogP contribution in [0.3, 0.4) is 0 Å². The van der Waals surface area contributed by atoms with Gasteiger partial charge in [0.2, 0.25) is 11.8 Å². The first-order valence-electron chi connectivity index (χ1n) is 9.68. The van der Waals surface area contributed by atoms with E-state index in [0.29, 0.717) is 29.6 Å². The van der Waals surface area contributed by atoms with Crippen molar-refractivity contribution < 1.29 is 13.9 Å². The molecule has 0 atom stereocenters. The molecule has 0 amide bonds. The third-order valence-electron chi connectivity index (χ3n) is 4.34. The number of nitrogens with two attached hydrogens (primary N) is 1. The zero-order valence-electron chi connectivity index (χ0n) is 16.8. The molecule has 1 aromatic heterocycles. The maximum absolute atomic E-state index is 12.3. The normalized spacial score (nSPS) is 10.5. The topological polar surface area (TPSA) is 94.0 Å². The third kappa shape index (κ3) is 5.52. The van der Waals surface area contributed by atoms with Crippen molar-refractivity contribution in [3.05, 3.63) is 65.5 Å². The lowest BCUT2D eigenvalue weighted by atomic mass is 10.0. The van der Waals surface area contributed by atoms with E-state index in [0.717, 1.165) is 23.1 Å². The van der Waals surface area contributed by atoms with Crippen LogP contribution in [0, 0.1) is 18.3 Å². The number of alkyl halides is 1. The summed E-state index contributed by atoms with van der Waals surface area (Å²) in [7, 11) is 0. The molecule has 0 saturated heterocycles.